The lowest BCUT2D eigenvalue weighted by Crippen LogP contribution is -2.38. The van der Waals surface area contributed by atoms with Crippen LogP contribution in [0.25, 0.3) is 0 Å². The lowest BCUT2D eigenvalue weighted by molar-refractivity contribution is -0.146. The summed E-state index contributed by atoms with van der Waals surface area (Å²) in [5.41, 5.74) is 2.98. The maximum Gasteiger partial charge on any atom is 0.315 e. The van der Waals surface area contributed by atoms with Gasteiger partial charge in [0.05, 0.1) is 16.7 Å². The molecular weight excluding hydrogens is 373 g/mol. The van der Waals surface area contributed by atoms with Crippen LogP contribution in [0.1, 0.15) is 51.0 Å². The molecule has 1 aliphatic heterocycles. The number of ketones is 1. The number of halogens is 2. The van der Waals surface area contributed by atoms with Crippen molar-refractivity contribution >= 4 is 40.7 Å². The summed E-state index contributed by atoms with van der Waals surface area (Å²) in [6.07, 6.45) is 2.63. The molecule has 0 bridgehead atoms. The molecule has 1 aliphatic carbocycles. The Balaban J connectivity index is 2.19. The summed E-state index contributed by atoms with van der Waals surface area (Å²) in [5.74, 6) is -1.35. The highest BCUT2D eigenvalue weighted by Crippen LogP contribution is 2.45. The zero-order valence-electron chi connectivity index (χ0n) is 14.9. The first kappa shape index (κ1) is 19.1. The van der Waals surface area contributed by atoms with Crippen molar-refractivity contribution in [1.82, 2.24) is 0 Å². The maximum atomic E-state index is 12.8. The lowest BCUT2D eigenvalue weighted by atomic mass is 9.71. The van der Waals surface area contributed by atoms with Gasteiger partial charge in [-0.15, -0.1) is 0 Å². The van der Waals surface area contributed by atoms with Gasteiger partial charge in [-0.1, -0.05) is 36.2 Å². The van der Waals surface area contributed by atoms with Crippen LogP contribution in [-0.4, -0.2) is 24.1 Å². The van der Waals surface area contributed by atoms with Gasteiger partial charge in [0.25, 0.3) is 0 Å². The molecule has 1 aromatic carbocycles. The van der Waals surface area contributed by atoms with E-state index in [9.17, 15) is 9.59 Å². The molecule has 1 heterocycles. The number of rotatable bonds is 4. The monoisotopic (exact) mass is 393 g/mol. The molecule has 0 saturated carbocycles. The molecule has 26 heavy (non-hydrogen) atoms. The third kappa shape index (κ3) is 3.45. The SMILES string of the molecule is CCOC(=O)C1C(CC)=NC2=C(C(=O)CCC2)[C@H]1c1ccc(Cl)c(Cl)c1. The Labute approximate surface area is 163 Å². The molecule has 0 spiro atoms. The molecule has 3 rings (SSSR count). The van der Waals surface area contributed by atoms with Crippen LogP contribution < -0.4 is 0 Å². The molecule has 1 aromatic rings. The number of allylic oxidation sites excluding steroid dienone is 2. The fraction of sp³-hybridized carbons (Fsp3) is 0.450. The Bertz CT molecular complexity index is 813. The van der Waals surface area contributed by atoms with Crippen LogP contribution >= 0.6 is 23.2 Å². The Kier molecular flexibility index (Phi) is 5.83. The van der Waals surface area contributed by atoms with Gasteiger partial charge in [0.2, 0.25) is 0 Å². The van der Waals surface area contributed by atoms with Crippen LogP contribution in [0.4, 0.5) is 0 Å². The standard InChI is InChI=1S/C20H21Cl2NO3/c1-3-14-19(20(25)26-4-2)17(11-8-9-12(21)13(22)10-11)18-15(23-14)6-5-7-16(18)24/h8-10,17,19H,3-7H2,1-2H3/t17-,19?/m1/s1. The average molecular weight is 394 g/mol. The van der Waals surface area contributed by atoms with Crippen molar-refractivity contribution in [2.24, 2.45) is 10.9 Å². The number of Topliss-reactive ketones (excluding diaryl/α,β-unsaturated/α-hetero) is 1. The predicted octanol–water partition coefficient (Wildman–Crippen LogP) is 5.13. The van der Waals surface area contributed by atoms with Crippen molar-refractivity contribution in [3.05, 3.63) is 45.1 Å². The number of esters is 1. The summed E-state index contributed by atoms with van der Waals surface area (Å²) in [6.45, 7) is 4.02. The quantitative estimate of drug-likeness (QED) is 0.666. The van der Waals surface area contributed by atoms with E-state index in [0.29, 0.717) is 28.5 Å². The Morgan fingerprint density at radius 1 is 1.23 bits per heavy atom. The van der Waals surface area contributed by atoms with Gasteiger partial charge >= 0.3 is 5.97 Å². The van der Waals surface area contributed by atoms with E-state index in [1.165, 1.54) is 0 Å². The number of ether oxygens (including phenoxy) is 1. The molecule has 138 valence electrons. The molecule has 2 atom stereocenters. The van der Waals surface area contributed by atoms with E-state index in [-0.39, 0.29) is 18.4 Å². The molecule has 2 aliphatic rings. The number of carbonyl (C=O) groups is 2. The normalized spacial score (nSPS) is 22.8. The van der Waals surface area contributed by atoms with E-state index in [2.05, 4.69) is 4.99 Å². The van der Waals surface area contributed by atoms with Gasteiger partial charge in [0, 0.05) is 29.3 Å². The van der Waals surface area contributed by atoms with Crippen LogP contribution in [0.3, 0.4) is 0 Å². The fourth-order valence-electron chi connectivity index (χ4n) is 3.79. The van der Waals surface area contributed by atoms with E-state index in [4.69, 9.17) is 27.9 Å². The summed E-state index contributed by atoms with van der Waals surface area (Å²) in [4.78, 5) is 30.2. The van der Waals surface area contributed by atoms with Crippen molar-refractivity contribution in [3.63, 3.8) is 0 Å². The second-order valence-electron chi connectivity index (χ2n) is 6.47. The van der Waals surface area contributed by atoms with Gasteiger partial charge in [0.15, 0.2) is 5.78 Å². The number of aliphatic imine (C=N–C) groups is 1. The number of hydrogen-bond acceptors (Lipinski definition) is 4. The molecule has 0 fully saturated rings. The largest absolute Gasteiger partial charge is 0.465 e. The van der Waals surface area contributed by atoms with Crippen LogP contribution in [-0.2, 0) is 14.3 Å². The smallest absolute Gasteiger partial charge is 0.315 e. The number of hydrogen-bond donors (Lipinski definition) is 0. The van der Waals surface area contributed by atoms with Gasteiger partial charge in [-0.2, -0.15) is 0 Å². The van der Waals surface area contributed by atoms with E-state index in [1.54, 1.807) is 19.1 Å². The van der Waals surface area contributed by atoms with E-state index < -0.39 is 11.8 Å². The fourth-order valence-corrected chi connectivity index (χ4v) is 4.09. The summed E-state index contributed by atoms with van der Waals surface area (Å²) in [7, 11) is 0. The highest BCUT2D eigenvalue weighted by Gasteiger charge is 2.43. The summed E-state index contributed by atoms with van der Waals surface area (Å²) >= 11 is 12.3. The van der Waals surface area contributed by atoms with Gasteiger partial charge in [-0.25, -0.2) is 0 Å². The highest BCUT2D eigenvalue weighted by molar-refractivity contribution is 6.42. The zero-order chi connectivity index (χ0) is 18.8. The van der Waals surface area contributed by atoms with Crippen LogP contribution in [0.2, 0.25) is 10.0 Å². The van der Waals surface area contributed by atoms with Crippen molar-refractivity contribution in [2.45, 2.75) is 45.4 Å². The van der Waals surface area contributed by atoms with Gasteiger partial charge in [-0.05, 0) is 43.9 Å². The van der Waals surface area contributed by atoms with Gasteiger partial charge < -0.3 is 4.74 Å². The molecule has 0 saturated heterocycles. The maximum absolute atomic E-state index is 12.8. The average Bonchev–Trinajstić information content (AvgIpc) is 2.63. The summed E-state index contributed by atoms with van der Waals surface area (Å²) < 4.78 is 5.32. The van der Waals surface area contributed by atoms with Crippen LogP contribution in [0.15, 0.2) is 34.5 Å². The molecule has 4 nitrogen and oxygen atoms in total. The van der Waals surface area contributed by atoms with E-state index >= 15 is 0 Å². The number of benzene rings is 1. The first-order chi connectivity index (χ1) is 12.5. The van der Waals surface area contributed by atoms with Crippen molar-refractivity contribution in [3.8, 4) is 0 Å². The van der Waals surface area contributed by atoms with Crippen molar-refractivity contribution < 1.29 is 14.3 Å². The van der Waals surface area contributed by atoms with Crippen molar-refractivity contribution in [2.75, 3.05) is 6.61 Å². The number of carbonyl (C=O) groups excluding carboxylic acids is 2. The molecule has 0 amide bonds. The third-order valence-corrected chi connectivity index (χ3v) is 5.66. The molecule has 1 unspecified atom stereocenters. The van der Waals surface area contributed by atoms with E-state index in [0.717, 1.165) is 29.8 Å². The Morgan fingerprint density at radius 3 is 2.65 bits per heavy atom. The predicted molar refractivity (Wildman–Crippen MR) is 103 cm³/mol. The molecule has 0 radical (unpaired) electrons. The second-order valence-corrected chi connectivity index (χ2v) is 7.29. The topological polar surface area (TPSA) is 55.7 Å². The number of nitrogens with zero attached hydrogens (tertiary/aromatic N) is 1. The minimum atomic E-state index is -0.613. The Hall–Kier alpha value is -1.65. The molecule has 6 heteroatoms. The van der Waals surface area contributed by atoms with Gasteiger partial charge in [-0.3, -0.25) is 14.6 Å². The zero-order valence-corrected chi connectivity index (χ0v) is 16.4. The summed E-state index contributed by atoms with van der Waals surface area (Å²) in [5, 5.41) is 0.838. The summed E-state index contributed by atoms with van der Waals surface area (Å²) in [6, 6.07) is 5.27. The van der Waals surface area contributed by atoms with Crippen LogP contribution in [0.5, 0.6) is 0 Å². The third-order valence-electron chi connectivity index (χ3n) is 4.92. The highest BCUT2D eigenvalue weighted by atomic mass is 35.5. The van der Waals surface area contributed by atoms with Crippen molar-refractivity contribution in [1.29, 1.82) is 0 Å². The van der Waals surface area contributed by atoms with E-state index in [1.807, 2.05) is 13.0 Å². The molecular formula is C20H21Cl2NO3. The molecule has 0 aromatic heterocycles. The molecule has 0 N–H and O–H groups in total. The van der Waals surface area contributed by atoms with Crippen LogP contribution in [0, 0.1) is 5.92 Å². The minimum absolute atomic E-state index is 0.0514. The van der Waals surface area contributed by atoms with Gasteiger partial charge in [0.1, 0.15) is 5.92 Å². The second kappa shape index (κ2) is 7.93. The minimum Gasteiger partial charge on any atom is -0.465 e. The first-order valence-electron chi connectivity index (χ1n) is 8.93. The first-order valence-corrected chi connectivity index (χ1v) is 9.68. The lowest BCUT2D eigenvalue weighted by Gasteiger charge is -2.35. The Morgan fingerprint density at radius 2 is 2.00 bits per heavy atom.